The molecule has 1 heterocycles. The molecule has 0 N–H and O–H groups in total. The monoisotopic (exact) mass is 334 g/mol. The Morgan fingerprint density at radius 1 is 1.13 bits per heavy atom. The normalized spacial score (nSPS) is 15.3. The Balaban J connectivity index is 1.84. The molecular formula is C14H10N2O6S. The van der Waals surface area contributed by atoms with Crippen molar-refractivity contribution in [3.05, 3.63) is 64.2 Å². The first-order valence-corrected chi connectivity index (χ1v) is 7.88. The molecule has 2 aromatic rings. The number of rotatable bonds is 4. The Bertz CT molecular complexity index is 909. The van der Waals surface area contributed by atoms with Crippen LogP contribution in [0.5, 0.6) is 5.75 Å². The number of carbonyl (C=O) groups excluding carboxylic acids is 1. The van der Waals surface area contributed by atoms with Gasteiger partial charge in [-0.25, -0.2) is 8.42 Å². The summed E-state index contributed by atoms with van der Waals surface area (Å²) in [6.45, 7) is -0.559. The SMILES string of the molecule is O=C1c2ccccc2S(=O)(=O)N1COc1cccc([N+](=O)[O-])c1. The van der Waals surface area contributed by atoms with Gasteiger partial charge in [-0.15, -0.1) is 0 Å². The summed E-state index contributed by atoms with van der Waals surface area (Å²) < 4.78 is 30.4. The third-order valence-corrected chi connectivity index (χ3v) is 5.05. The Morgan fingerprint density at radius 2 is 1.87 bits per heavy atom. The van der Waals surface area contributed by atoms with Crippen molar-refractivity contribution in [3.8, 4) is 5.75 Å². The van der Waals surface area contributed by atoms with Gasteiger partial charge in [-0.2, -0.15) is 4.31 Å². The first-order valence-electron chi connectivity index (χ1n) is 6.44. The first kappa shape index (κ1) is 15.0. The molecule has 0 radical (unpaired) electrons. The van der Waals surface area contributed by atoms with E-state index in [9.17, 15) is 23.3 Å². The van der Waals surface area contributed by atoms with Gasteiger partial charge in [0.05, 0.1) is 16.6 Å². The number of ether oxygens (including phenoxy) is 1. The number of fused-ring (bicyclic) bond motifs is 1. The van der Waals surface area contributed by atoms with E-state index in [0.29, 0.717) is 4.31 Å². The average Bonchev–Trinajstić information content (AvgIpc) is 2.73. The maximum atomic E-state index is 12.3. The predicted molar refractivity (Wildman–Crippen MR) is 78.4 cm³/mol. The van der Waals surface area contributed by atoms with Crippen molar-refractivity contribution >= 4 is 21.6 Å². The zero-order valence-corrected chi connectivity index (χ0v) is 12.4. The fraction of sp³-hybridized carbons (Fsp3) is 0.0714. The molecule has 0 saturated carbocycles. The molecule has 0 bridgehead atoms. The molecule has 1 aliphatic heterocycles. The topological polar surface area (TPSA) is 107 Å². The van der Waals surface area contributed by atoms with E-state index in [0.717, 1.165) is 6.07 Å². The number of nitrogens with zero attached hydrogens (tertiary/aromatic N) is 2. The maximum Gasteiger partial charge on any atom is 0.273 e. The van der Waals surface area contributed by atoms with Crippen molar-refractivity contribution in [1.29, 1.82) is 0 Å². The van der Waals surface area contributed by atoms with E-state index in [-0.39, 0.29) is 21.9 Å². The molecule has 9 heteroatoms. The van der Waals surface area contributed by atoms with Crippen molar-refractivity contribution in [2.45, 2.75) is 4.90 Å². The van der Waals surface area contributed by atoms with Gasteiger partial charge >= 0.3 is 0 Å². The molecule has 118 valence electrons. The lowest BCUT2D eigenvalue weighted by atomic mass is 10.2. The third-order valence-electron chi connectivity index (χ3n) is 3.29. The zero-order valence-electron chi connectivity index (χ0n) is 11.6. The van der Waals surface area contributed by atoms with Gasteiger partial charge in [-0.3, -0.25) is 14.9 Å². The fourth-order valence-electron chi connectivity index (χ4n) is 2.18. The van der Waals surface area contributed by atoms with Gasteiger partial charge in [-0.1, -0.05) is 18.2 Å². The number of nitro benzene ring substituents is 1. The van der Waals surface area contributed by atoms with E-state index in [4.69, 9.17) is 4.74 Å². The molecule has 0 spiro atoms. The van der Waals surface area contributed by atoms with Crippen LogP contribution in [-0.4, -0.2) is 30.3 Å². The van der Waals surface area contributed by atoms with E-state index in [2.05, 4.69) is 0 Å². The quantitative estimate of drug-likeness (QED) is 0.623. The van der Waals surface area contributed by atoms with E-state index in [1.54, 1.807) is 6.07 Å². The Kier molecular flexibility index (Phi) is 3.49. The van der Waals surface area contributed by atoms with Crippen LogP contribution in [0.3, 0.4) is 0 Å². The van der Waals surface area contributed by atoms with Crippen LogP contribution in [0.2, 0.25) is 0 Å². The number of hydrogen-bond donors (Lipinski definition) is 0. The summed E-state index contributed by atoms with van der Waals surface area (Å²) in [5, 5.41) is 10.7. The van der Waals surface area contributed by atoms with Crippen molar-refractivity contribution in [2.24, 2.45) is 0 Å². The molecule has 23 heavy (non-hydrogen) atoms. The molecule has 1 amide bonds. The minimum atomic E-state index is -3.97. The number of benzene rings is 2. The molecule has 3 rings (SSSR count). The second-order valence-corrected chi connectivity index (χ2v) is 6.51. The lowest BCUT2D eigenvalue weighted by molar-refractivity contribution is -0.384. The van der Waals surface area contributed by atoms with E-state index in [1.165, 1.54) is 36.4 Å². The highest BCUT2D eigenvalue weighted by molar-refractivity contribution is 7.90. The van der Waals surface area contributed by atoms with E-state index < -0.39 is 27.6 Å². The number of nitro groups is 1. The lowest BCUT2D eigenvalue weighted by Gasteiger charge is -2.15. The van der Waals surface area contributed by atoms with Gasteiger partial charge in [0.2, 0.25) is 0 Å². The van der Waals surface area contributed by atoms with Gasteiger partial charge in [0, 0.05) is 6.07 Å². The summed E-state index contributed by atoms with van der Waals surface area (Å²) in [6.07, 6.45) is 0. The first-order chi connectivity index (χ1) is 10.9. The molecule has 0 saturated heterocycles. The van der Waals surface area contributed by atoms with Crippen LogP contribution in [0.4, 0.5) is 5.69 Å². The standard InChI is InChI=1S/C14H10N2O6S/c17-14-12-6-1-2-7-13(12)23(20,21)15(14)9-22-11-5-3-4-10(8-11)16(18)19/h1-8H,9H2. The molecule has 1 aliphatic rings. The number of carbonyl (C=O) groups is 1. The number of non-ortho nitro benzene ring substituents is 1. The third kappa shape index (κ3) is 2.50. The Morgan fingerprint density at radius 3 is 2.57 bits per heavy atom. The Labute approximate surface area is 131 Å². The maximum absolute atomic E-state index is 12.3. The van der Waals surface area contributed by atoms with Crippen molar-refractivity contribution in [3.63, 3.8) is 0 Å². The van der Waals surface area contributed by atoms with Crippen LogP contribution >= 0.6 is 0 Å². The highest BCUT2D eigenvalue weighted by Gasteiger charge is 2.41. The summed E-state index contributed by atoms with van der Waals surface area (Å²) in [7, 11) is -3.97. The molecule has 2 aromatic carbocycles. The largest absolute Gasteiger partial charge is 0.472 e. The highest BCUT2D eigenvalue weighted by Crippen LogP contribution is 2.30. The number of sulfonamides is 1. The van der Waals surface area contributed by atoms with E-state index >= 15 is 0 Å². The minimum absolute atomic E-state index is 0.0763. The van der Waals surface area contributed by atoms with Crippen LogP contribution in [0.15, 0.2) is 53.4 Å². The predicted octanol–water partition coefficient (Wildman–Crippen LogP) is 1.78. The van der Waals surface area contributed by atoms with Gasteiger partial charge in [0.15, 0.2) is 6.73 Å². The van der Waals surface area contributed by atoms with Crippen LogP contribution in [0, 0.1) is 10.1 Å². The zero-order chi connectivity index (χ0) is 16.6. The minimum Gasteiger partial charge on any atom is -0.472 e. The van der Waals surface area contributed by atoms with Crippen molar-refractivity contribution < 1.29 is 22.9 Å². The average molecular weight is 334 g/mol. The van der Waals surface area contributed by atoms with Crippen LogP contribution in [0.25, 0.3) is 0 Å². The smallest absolute Gasteiger partial charge is 0.273 e. The van der Waals surface area contributed by atoms with Crippen molar-refractivity contribution in [2.75, 3.05) is 6.73 Å². The molecule has 8 nitrogen and oxygen atoms in total. The Hall–Kier alpha value is -2.94. The van der Waals surface area contributed by atoms with Crippen molar-refractivity contribution in [1.82, 2.24) is 4.31 Å². The molecule has 0 atom stereocenters. The summed E-state index contributed by atoms with van der Waals surface area (Å²) >= 11 is 0. The van der Waals surface area contributed by atoms with Gasteiger partial charge in [0.1, 0.15) is 10.6 Å². The summed E-state index contributed by atoms with van der Waals surface area (Å²) in [5.74, 6) is -0.593. The second kappa shape index (κ2) is 5.36. The second-order valence-electron chi connectivity index (χ2n) is 4.68. The molecule has 0 aliphatic carbocycles. The highest BCUT2D eigenvalue weighted by atomic mass is 32.2. The van der Waals surface area contributed by atoms with Crippen LogP contribution in [-0.2, 0) is 10.0 Å². The van der Waals surface area contributed by atoms with Crippen LogP contribution < -0.4 is 4.74 Å². The van der Waals surface area contributed by atoms with Crippen LogP contribution in [0.1, 0.15) is 10.4 Å². The van der Waals surface area contributed by atoms with Gasteiger partial charge < -0.3 is 4.74 Å². The lowest BCUT2D eigenvalue weighted by Crippen LogP contribution is -2.33. The fourth-order valence-corrected chi connectivity index (χ4v) is 3.61. The summed E-state index contributed by atoms with van der Waals surface area (Å²) in [6, 6.07) is 11.1. The van der Waals surface area contributed by atoms with Gasteiger partial charge in [0.25, 0.3) is 21.6 Å². The number of hydrogen-bond acceptors (Lipinski definition) is 6. The summed E-state index contributed by atoms with van der Waals surface area (Å²) in [5.41, 5.74) is -0.114. The van der Waals surface area contributed by atoms with E-state index in [1.807, 2.05) is 0 Å². The molecule has 0 aromatic heterocycles. The molecular weight excluding hydrogens is 324 g/mol. The molecule has 0 fully saturated rings. The molecule has 0 unspecified atom stereocenters. The van der Waals surface area contributed by atoms with Gasteiger partial charge in [-0.05, 0) is 18.2 Å². The number of amides is 1. The summed E-state index contributed by atoms with van der Waals surface area (Å²) in [4.78, 5) is 22.2.